The smallest absolute Gasteiger partial charge is 0.245 e. The van der Waals surface area contributed by atoms with E-state index in [1.165, 1.54) is 46.7 Å². The van der Waals surface area contributed by atoms with E-state index in [4.69, 9.17) is 11.6 Å². The molecule has 0 heterocycles. The van der Waals surface area contributed by atoms with Crippen molar-refractivity contribution in [2.75, 3.05) is 0 Å². The summed E-state index contributed by atoms with van der Waals surface area (Å²) in [5.74, 6) is 0. The lowest BCUT2D eigenvalue weighted by molar-refractivity contribution is -0.107. The summed E-state index contributed by atoms with van der Waals surface area (Å²) >= 11 is 5.42. The summed E-state index contributed by atoms with van der Waals surface area (Å²) in [4.78, 5) is 11.0. The number of hydrogen-bond donors (Lipinski definition) is 0. The lowest BCUT2D eigenvalue weighted by Crippen LogP contribution is -2.34. The van der Waals surface area contributed by atoms with Crippen LogP contribution >= 0.6 is 11.6 Å². The van der Waals surface area contributed by atoms with E-state index < -0.39 is 5.24 Å². The second kappa shape index (κ2) is 6.70. The summed E-state index contributed by atoms with van der Waals surface area (Å²) in [6.07, 6.45) is 5.58. The molecule has 0 radical (unpaired) electrons. The van der Waals surface area contributed by atoms with Gasteiger partial charge in [-0.25, -0.2) is 0 Å². The molecule has 2 heteroatoms. The predicted octanol–water partition coefficient (Wildman–Crippen LogP) is 6.79. The molecule has 0 saturated heterocycles. The first-order valence-electron chi connectivity index (χ1n) is 9.24. The molecule has 26 heavy (non-hydrogen) atoms. The third-order valence-corrected chi connectivity index (χ3v) is 5.93. The van der Waals surface area contributed by atoms with Crippen molar-refractivity contribution in [2.24, 2.45) is 0 Å². The Bertz CT molecular complexity index is 887. The fourth-order valence-corrected chi connectivity index (χ4v) is 4.07. The van der Waals surface area contributed by atoms with Gasteiger partial charge in [0.1, 0.15) is 0 Å². The Morgan fingerprint density at radius 2 is 1.62 bits per heavy atom. The second-order valence-corrected chi connectivity index (χ2v) is 9.12. The van der Waals surface area contributed by atoms with Crippen molar-refractivity contribution < 1.29 is 4.79 Å². The maximum Gasteiger partial charge on any atom is 0.245 e. The third-order valence-electron chi connectivity index (χ3n) is 5.80. The second-order valence-electron chi connectivity index (χ2n) is 8.74. The number of carbonyl (C=O) groups is 1. The van der Waals surface area contributed by atoms with Crippen molar-refractivity contribution in [1.82, 2.24) is 0 Å². The number of halogens is 1. The van der Waals surface area contributed by atoms with Crippen molar-refractivity contribution >= 4 is 22.9 Å². The van der Waals surface area contributed by atoms with E-state index in [1.807, 2.05) is 12.1 Å². The van der Waals surface area contributed by atoms with Crippen LogP contribution in [0.5, 0.6) is 0 Å². The van der Waals surface area contributed by atoms with Gasteiger partial charge < -0.3 is 0 Å². The largest absolute Gasteiger partial charge is 0.276 e. The maximum atomic E-state index is 11.0. The summed E-state index contributed by atoms with van der Waals surface area (Å²) in [5, 5.41) is -0.454. The molecule has 3 rings (SSSR count). The molecule has 0 saturated carbocycles. The Labute approximate surface area is 162 Å². The van der Waals surface area contributed by atoms with Gasteiger partial charge in [0.2, 0.25) is 5.24 Å². The molecule has 0 amide bonds. The summed E-state index contributed by atoms with van der Waals surface area (Å²) in [7, 11) is 0. The average molecular weight is 367 g/mol. The number of carbonyl (C=O) groups excluding carboxylic acids is 1. The van der Waals surface area contributed by atoms with Gasteiger partial charge in [-0.1, -0.05) is 64.1 Å². The zero-order valence-electron chi connectivity index (χ0n) is 16.3. The highest BCUT2D eigenvalue weighted by Gasteiger charge is 2.37. The zero-order chi connectivity index (χ0) is 19.1. The molecule has 0 spiro atoms. The van der Waals surface area contributed by atoms with E-state index in [0.717, 1.165) is 5.56 Å². The first-order chi connectivity index (χ1) is 12.1. The number of benzene rings is 2. The summed E-state index contributed by atoms with van der Waals surface area (Å²) < 4.78 is 0. The van der Waals surface area contributed by atoms with E-state index in [-0.39, 0.29) is 10.8 Å². The first kappa shape index (κ1) is 18.9. The van der Waals surface area contributed by atoms with Crippen LogP contribution in [0.2, 0.25) is 0 Å². The molecular weight excluding hydrogens is 340 g/mol. The van der Waals surface area contributed by atoms with E-state index in [1.54, 1.807) is 6.08 Å². The molecule has 0 aliphatic heterocycles. The van der Waals surface area contributed by atoms with Gasteiger partial charge in [-0.2, -0.15) is 0 Å². The monoisotopic (exact) mass is 366 g/mol. The van der Waals surface area contributed by atoms with Crippen molar-refractivity contribution in [3.63, 3.8) is 0 Å². The quantitative estimate of drug-likeness (QED) is 0.431. The lowest BCUT2D eigenvalue weighted by atomic mass is 9.62. The summed E-state index contributed by atoms with van der Waals surface area (Å²) in [6.45, 7) is 11.6. The highest BCUT2D eigenvalue weighted by atomic mass is 35.5. The third kappa shape index (κ3) is 3.64. The van der Waals surface area contributed by atoms with E-state index in [9.17, 15) is 4.79 Å². The molecule has 0 unspecified atom stereocenters. The van der Waals surface area contributed by atoms with Gasteiger partial charge in [-0.3, -0.25) is 4.79 Å². The van der Waals surface area contributed by atoms with Crippen LogP contribution < -0.4 is 0 Å². The van der Waals surface area contributed by atoms with Crippen LogP contribution in [0.3, 0.4) is 0 Å². The van der Waals surface area contributed by atoms with Gasteiger partial charge in [-0.05, 0) is 87.7 Å². The van der Waals surface area contributed by atoms with Gasteiger partial charge in [0.25, 0.3) is 0 Å². The van der Waals surface area contributed by atoms with Crippen LogP contribution in [0.25, 0.3) is 17.2 Å². The highest BCUT2D eigenvalue weighted by molar-refractivity contribution is 6.66. The minimum absolute atomic E-state index is 0.190. The average Bonchev–Trinajstić information content (AvgIpc) is 2.57. The molecule has 1 nitrogen and oxygen atoms in total. The Balaban J connectivity index is 2.13. The number of allylic oxidation sites excluding steroid dienone is 1. The SMILES string of the molecule is Cc1cc2c(cc1-c1cccc(C=CC(=O)Cl)c1)C(C)(C)CCC2(C)C. The highest BCUT2D eigenvalue weighted by Crippen LogP contribution is 2.47. The van der Waals surface area contributed by atoms with Gasteiger partial charge in [0.15, 0.2) is 0 Å². The molecule has 2 aromatic carbocycles. The van der Waals surface area contributed by atoms with Crippen LogP contribution in [-0.4, -0.2) is 5.24 Å². The van der Waals surface area contributed by atoms with Crippen molar-refractivity contribution in [3.8, 4) is 11.1 Å². The van der Waals surface area contributed by atoms with Gasteiger partial charge in [0, 0.05) is 0 Å². The number of rotatable bonds is 3. The maximum absolute atomic E-state index is 11.0. The minimum Gasteiger partial charge on any atom is -0.276 e. The number of fused-ring (bicyclic) bond motifs is 1. The summed E-state index contributed by atoms with van der Waals surface area (Å²) in [6, 6.07) is 13.0. The van der Waals surface area contributed by atoms with Crippen LogP contribution in [0.15, 0.2) is 42.5 Å². The normalized spacial score (nSPS) is 17.9. The van der Waals surface area contributed by atoms with E-state index in [0.29, 0.717) is 0 Å². The Kier molecular flexibility index (Phi) is 4.88. The standard InChI is InChI=1S/C24H27ClO/c1-16-13-20-21(24(4,5)12-11-23(20,2)3)15-19(16)18-8-6-7-17(14-18)9-10-22(25)26/h6-10,13-15H,11-12H2,1-5H3. The van der Waals surface area contributed by atoms with Gasteiger partial charge in [-0.15, -0.1) is 0 Å². The number of aryl methyl sites for hydroxylation is 1. The van der Waals surface area contributed by atoms with Crippen molar-refractivity contribution in [3.05, 3.63) is 64.7 Å². The predicted molar refractivity (Wildman–Crippen MR) is 112 cm³/mol. The molecule has 0 bridgehead atoms. The molecule has 1 aliphatic rings. The molecule has 0 atom stereocenters. The molecule has 1 aliphatic carbocycles. The molecule has 136 valence electrons. The van der Waals surface area contributed by atoms with E-state index in [2.05, 4.69) is 58.9 Å². The van der Waals surface area contributed by atoms with E-state index >= 15 is 0 Å². The van der Waals surface area contributed by atoms with Crippen LogP contribution in [0.1, 0.15) is 62.8 Å². The topological polar surface area (TPSA) is 17.1 Å². The Morgan fingerprint density at radius 1 is 1.00 bits per heavy atom. The fraction of sp³-hybridized carbons (Fsp3) is 0.375. The number of hydrogen-bond acceptors (Lipinski definition) is 1. The van der Waals surface area contributed by atoms with Crippen LogP contribution in [0.4, 0.5) is 0 Å². The lowest BCUT2D eigenvalue weighted by Gasteiger charge is -2.42. The van der Waals surface area contributed by atoms with Gasteiger partial charge in [0.05, 0.1) is 0 Å². The Hall–Kier alpha value is -1.86. The molecule has 2 aromatic rings. The Morgan fingerprint density at radius 3 is 2.23 bits per heavy atom. The van der Waals surface area contributed by atoms with Crippen LogP contribution in [0, 0.1) is 6.92 Å². The summed E-state index contributed by atoms with van der Waals surface area (Å²) in [5.41, 5.74) is 8.08. The fourth-order valence-electron chi connectivity index (χ4n) is 4.00. The van der Waals surface area contributed by atoms with Crippen molar-refractivity contribution in [1.29, 1.82) is 0 Å². The zero-order valence-corrected chi connectivity index (χ0v) is 17.1. The van der Waals surface area contributed by atoms with Gasteiger partial charge >= 0.3 is 0 Å². The molecule has 0 aromatic heterocycles. The van der Waals surface area contributed by atoms with Crippen molar-refractivity contribution in [2.45, 2.75) is 58.3 Å². The first-order valence-corrected chi connectivity index (χ1v) is 9.61. The molecular formula is C24H27ClO. The molecule has 0 fully saturated rings. The minimum atomic E-state index is -0.454. The molecule has 0 N–H and O–H groups in total. The van der Waals surface area contributed by atoms with Crippen LogP contribution in [-0.2, 0) is 15.6 Å².